The third-order valence-corrected chi connectivity index (χ3v) is 5.50. The van der Waals surface area contributed by atoms with E-state index in [2.05, 4.69) is 31.0 Å². The minimum Gasteiger partial charge on any atom is -0.316 e. The zero-order valence-electron chi connectivity index (χ0n) is 14.1. The molecule has 0 aliphatic heterocycles. The molecular formula is C18H36N2. The standard InChI is InChI=1S/C18H36N2/c1-4-20(17-9-5-6-10-17)15-18(11-7-8-12-18)14-19-13-16(2)3/h16-17,19H,4-15H2,1-3H3. The summed E-state index contributed by atoms with van der Waals surface area (Å²) in [7, 11) is 0. The van der Waals surface area contributed by atoms with E-state index >= 15 is 0 Å². The first-order chi connectivity index (χ1) is 9.65. The summed E-state index contributed by atoms with van der Waals surface area (Å²) in [5, 5.41) is 3.76. The van der Waals surface area contributed by atoms with Crippen molar-refractivity contribution in [1.29, 1.82) is 0 Å². The zero-order valence-corrected chi connectivity index (χ0v) is 14.1. The molecule has 0 aromatic rings. The van der Waals surface area contributed by atoms with Crippen molar-refractivity contribution >= 4 is 0 Å². The van der Waals surface area contributed by atoms with Crippen molar-refractivity contribution in [2.45, 2.75) is 78.2 Å². The summed E-state index contributed by atoms with van der Waals surface area (Å²) in [5.74, 6) is 0.769. The third-order valence-electron chi connectivity index (χ3n) is 5.50. The summed E-state index contributed by atoms with van der Waals surface area (Å²) in [5.41, 5.74) is 0.577. The first-order valence-electron chi connectivity index (χ1n) is 9.10. The average Bonchev–Trinajstić information content (AvgIpc) is 3.07. The molecule has 0 heterocycles. The van der Waals surface area contributed by atoms with Crippen molar-refractivity contribution in [3.63, 3.8) is 0 Å². The molecule has 2 aliphatic rings. The quantitative estimate of drug-likeness (QED) is 0.721. The molecular weight excluding hydrogens is 244 g/mol. The number of hydrogen-bond donors (Lipinski definition) is 1. The van der Waals surface area contributed by atoms with E-state index in [4.69, 9.17) is 0 Å². The maximum atomic E-state index is 3.76. The summed E-state index contributed by atoms with van der Waals surface area (Å²) < 4.78 is 0. The second kappa shape index (κ2) is 7.79. The highest BCUT2D eigenvalue weighted by Crippen LogP contribution is 2.39. The third kappa shape index (κ3) is 4.46. The van der Waals surface area contributed by atoms with E-state index in [-0.39, 0.29) is 0 Å². The van der Waals surface area contributed by atoms with Crippen LogP contribution in [0.15, 0.2) is 0 Å². The number of nitrogens with one attached hydrogen (secondary N) is 1. The van der Waals surface area contributed by atoms with E-state index in [0.29, 0.717) is 5.41 Å². The predicted octanol–water partition coefficient (Wildman–Crippen LogP) is 4.06. The highest BCUT2D eigenvalue weighted by atomic mass is 15.2. The van der Waals surface area contributed by atoms with Gasteiger partial charge in [0.15, 0.2) is 0 Å². The van der Waals surface area contributed by atoms with Gasteiger partial charge in [-0.3, -0.25) is 0 Å². The lowest BCUT2D eigenvalue weighted by atomic mass is 9.84. The van der Waals surface area contributed by atoms with Crippen LogP contribution in [0.2, 0.25) is 0 Å². The van der Waals surface area contributed by atoms with Crippen molar-refractivity contribution in [2.24, 2.45) is 11.3 Å². The Morgan fingerprint density at radius 3 is 2.30 bits per heavy atom. The number of rotatable bonds is 8. The van der Waals surface area contributed by atoms with Gasteiger partial charge in [-0.25, -0.2) is 0 Å². The Morgan fingerprint density at radius 1 is 1.10 bits per heavy atom. The normalized spacial score (nSPS) is 23.2. The first-order valence-corrected chi connectivity index (χ1v) is 9.10. The zero-order chi connectivity index (χ0) is 14.4. The monoisotopic (exact) mass is 280 g/mol. The van der Waals surface area contributed by atoms with Gasteiger partial charge in [0.05, 0.1) is 0 Å². The molecule has 2 heteroatoms. The van der Waals surface area contributed by atoms with Crippen molar-refractivity contribution < 1.29 is 0 Å². The van der Waals surface area contributed by atoms with Crippen LogP contribution in [0.3, 0.4) is 0 Å². The fraction of sp³-hybridized carbons (Fsp3) is 1.00. The van der Waals surface area contributed by atoms with Gasteiger partial charge in [-0.2, -0.15) is 0 Å². The van der Waals surface area contributed by atoms with Gasteiger partial charge in [0.2, 0.25) is 0 Å². The van der Waals surface area contributed by atoms with Crippen molar-refractivity contribution in [2.75, 3.05) is 26.2 Å². The van der Waals surface area contributed by atoms with Crippen LogP contribution in [0.4, 0.5) is 0 Å². The summed E-state index contributed by atoms with van der Waals surface area (Å²) >= 11 is 0. The molecule has 0 spiro atoms. The molecule has 20 heavy (non-hydrogen) atoms. The minimum atomic E-state index is 0.577. The van der Waals surface area contributed by atoms with Crippen LogP contribution in [0.25, 0.3) is 0 Å². The topological polar surface area (TPSA) is 15.3 Å². The van der Waals surface area contributed by atoms with Gasteiger partial charge in [0, 0.05) is 19.1 Å². The molecule has 0 radical (unpaired) electrons. The van der Waals surface area contributed by atoms with Crippen molar-refractivity contribution in [3.05, 3.63) is 0 Å². The molecule has 2 fully saturated rings. The number of nitrogens with zero attached hydrogens (tertiary/aromatic N) is 1. The van der Waals surface area contributed by atoms with Crippen LogP contribution in [0.5, 0.6) is 0 Å². The molecule has 0 atom stereocenters. The molecule has 2 rings (SSSR count). The highest BCUT2D eigenvalue weighted by Gasteiger charge is 2.36. The molecule has 118 valence electrons. The van der Waals surface area contributed by atoms with Gasteiger partial charge < -0.3 is 10.2 Å². The summed E-state index contributed by atoms with van der Waals surface area (Å²) in [6, 6.07) is 0.891. The average molecular weight is 280 g/mol. The fourth-order valence-corrected chi connectivity index (χ4v) is 4.34. The van der Waals surface area contributed by atoms with Gasteiger partial charge in [0.1, 0.15) is 0 Å². The smallest absolute Gasteiger partial charge is 0.00953 e. The SMILES string of the molecule is CCN(CC1(CNCC(C)C)CCCC1)C1CCCC1. The summed E-state index contributed by atoms with van der Waals surface area (Å²) in [4.78, 5) is 2.81. The molecule has 2 aliphatic carbocycles. The Labute approximate surface area is 126 Å². The van der Waals surface area contributed by atoms with E-state index in [1.807, 2.05) is 0 Å². The van der Waals surface area contributed by atoms with E-state index in [1.165, 1.54) is 77.5 Å². The Morgan fingerprint density at radius 2 is 1.75 bits per heavy atom. The van der Waals surface area contributed by atoms with E-state index in [1.54, 1.807) is 0 Å². The van der Waals surface area contributed by atoms with Crippen LogP contribution in [-0.2, 0) is 0 Å². The molecule has 2 saturated carbocycles. The first kappa shape index (κ1) is 16.3. The van der Waals surface area contributed by atoms with Crippen LogP contribution in [-0.4, -0.2) is 37.1 Å². The number of hydrogen-bond acceptors (Lipinski definition) is 2. The van der Waals surface area contributed by atoms with Crippen molar-refractivity contribution in [3.8, 4) is 0 Å². The van der Waals surface area contributed by atoms with E-state index < -0.39 is 0 Å². The summed E-state index contributed by atoms with van der Waals surface area (Å²) in [6.07, 6.45) is 11.6. The Hall–Kier alpha value is -0.0800. The molecule has 0 aromatic heterocycles. The van der Waals surface area contributed by atoms with Crippen LogP contribution >= 0.6 is 0 Å². The largest absolute Gasteiger partial charge is 0.316 e. The lowest BCUT2D eigenvalue weighted by Gasteiger charge is -2.38. The molecule has 1 N–H and O–H groups in total. The Balaban J connectivity index is 1.89. The second-order valence-corrected chi connectivity index (χ2v) is 7.73. The van der Waals surface area contributed by atoms with Crippen LogP contribution < -0.4 is 5.32 Å². The summed E-state index contributed by atoms with van der Waals surface area (Å²) in [6.45, 7) is 12.0. The van der Waals surface area contributed by atoms with Crippen molar-refractivity contribution in [1.82, 2.24) is 10.2 Å². The van der Waals surface area contributed by atoms with E-state index in [0.717, 1.165) is 12.0 Å². The lowest BCUT2D eigenvalue weighted by Crippen LogP contribution is -2.46. The highest BCUT2D eigenvalue weighted by molar-refractivity contribution is 4.91. The maximum Gasteiger partial charge on any atom is 0.00953 e. The van der Waals surface area contributed by atoms with Gasteiger partial charge in [-0.15, -0.1) is 0 Å². The Kier molecular flexibility index (Phi) is 6.35. The molecule has 2 nitrogen and oxygen atoms in total. The van der Waals surface area contributed by atoms with Crippen LogP contribution in [0.1, 0.15) is 72.1 Å². The molecule has 0 amide bonds. The molecule has 0 unspecified atom stereocenters. The fourth-order valence-electron chi connectivity index (χ4n) is 4.34. The van der Waals surface area contributed by atoms with Gasteiger partial charge >= 0.3 is 0 Å². The minimum absolute atomic E-state index is 0.577. The maximum absolute atomic E-state index is 3.76. The van der Waals surface area contributed by atoms with E-state index in [9.17, 15) is 0 Å². The van der Waals surface area contributed by atoms with Gasteiger partial charge in [-0.1, -0.05) is 46.5 Å². The Bertz CT molecular complexity index is 263. The molecule has 0 aromatic carbocycles. The van der Waals surface area contributed by atoms with Gasteiger partial charge in [0.25, 0.3) is 0 Å². The predicted molar refractivity (Wildman–Crippen MR) is 88.1 cm³/mol. The molecule has 0 saturated heterocycles. The molecule has 0 bridgehead atoms. The lowest BCUT2D eigenvalue weighted by molar-refractivity contribution is 0.114. The van der Waals surface area contributed by atoms with Crippen LogP contribution in [0, 0.1) is 11.3 Å². The van der Waals surface area contributed by atoms with Gasteiger partial charge in [-0.05, 0) is 50.1 Å². The second-order valence-electron chi connectivity index (χ2n) is 7.73.